The normalized spacial score (nSPS) is 10.4. The van der Waals surface area contributed by atoms with Crippen molar-refractivity contribution in [1.82, 2.24) is 0 Å². The van der Waals surface area contributed by atoms with Gasteiger partial charge >= 0.3 is 19.8 Å². The van der Waals surface area contributed by atoms with Crippen LogP contribution in [-0.2, 0) is 36.9 Å². The van der Waals surface area contributed by atoms with Crippen LogP contribution in [0.1, 0.15) is 5.56 Å². The standard InChI is InChI=1S/C11H9O.2C5H5.Fe.Os/c12-11(9-5-1-2-6-9)10-7-3-4-8-10;2*1-2-4-5-3-1;;/h1-8,12H;2*1-5H;;/q3*-1;;+2. The number of hydrogen-bond donors (Lipinski definition) is 1. The van der Waals surface area contributed by atoms with Crippen LogP contribution in [0.5, 0.6) is 0 Å². The maximum atomic E-state index is 9.69. The van der Waals surface area contributed by atoms with Gasteiger partial charge in [-0.3, -0.25) is 0 Å². The third-order valence-corrected chi connectivity index (χ3v) is 2.98. The fourth-order valence-corrected chi connectivity index (χ4v) is 1.87. The van der Waals surface area contributed by atoms with Crippen molar-refractivity contribution < 1.29 is 42.0 Å². The second kappa shape index (κ2) is 13.6. The van der Waals surface area contributed by atoms with Crippen LogP contribution in [0.15, 0.2) is 115 Å². The second-order valence-electron chi connectivity index (χ2n) is 4.62. The van der Waals surface area contributed by atoms with Crippen molar-refractivity contribution in [3.63, 3.8) is 0 Å². The Hall–Kier alpha value is -1.77. The van der Waals surface area contributed by atoms with Crippen molar-refractivity contribution in [3.05, 3.63) is 120 Å². The van der Waals surface area contributed by atoms with Gasteiger partial charge in [-0.1, -0.05) is 35.4 Å². The van der Waals surface area contributed by atoms with Crippen LogP contribution in [0, 0.1) is 0 Å². The molecule has 0 unspecified atom stereocenters. The molecule has 126 valence electrons. The van der Waals surface area contributed by atoms with Gasteiger partial charge < -0.3 is 5.11 Å². The fourth-order valence-electron chi connectivity index (χ4n) is 1.87. The summed E-state index contributed by atoms with van der Waals surface area (Å²) in [6.07, 6.45) is 7.60. The van der Waals surface area contributed by atoms with Crippen molar-refractivity contribution in [1.29, 1.82) is 0 Å². The summed E-state index contributed by atoms with van der Waals surface area (Å²) < 4.78 is 0. The maximum absolute atomic E-state index is 9.69. The van der Waals surface area contributed by atoms with Crippen molar-refractivity contribution in [2.45, 2.75) is 0 Å². The molecule has 0 atom stereocenters. The predicted octanol–water partition coefficient (Wildman–Crippen LogP) is 5.61. The summed E-state index contributed by atoms with van der Waals surface area (Å²) >= 11 is 0. The zero-order valence-corrected chi connectivity index (χ0v) is 16.7. The first-order valence-electron chi connectivity index (χ1n) is 7.21. The second-order valence-corrected chi connectivity index (χ2v) is 4.62. The summed E-state index contributed by atoms with van der Waals surface area (Å²) in [4.78, 5) is 0. The Bertz CT molecular complexity index is 613. The SMILES string of the molecule is OC(=C1C=CC=C1)[c-]1cccc1.[Fe].[Os+2].c1cc[cH-]c1.c1cc[cH-]c1. The van der Waals surface area contributed by atoms with Gasteiger partial charge in [0.05, 0.1) is 0 Å². The quantitative estimate of drug-likeness (QED) is 0.245. The topological polar surface area (TPSA) is 20.2 Å². The molecule has 0 aliphatic heterocycles. The molecule has 0 spiro atoms. The molecular weight excluding hydrogens is 514 g/mol. The monoisotopic (exact) mass is 535 g/mol. The fraction of sp³-hybridized carbons (Fsp3) is 0. The van der Waals surface area contributed by atoms with Gasteiger partial charge in [0.15, 0.2) is 0 Å². The first kappa shape index (κ1) is 22.2. The van der Waals surface area contributed by atoms with Gasteiger partial charge in [0, 0.05) is 22.8 Å². The Kier molecular flexibility index (Phi) is 12.6. The smallest absolute Gasteiger partial charge is 0.526 e. The molecule has 0 aromatic heterocycles. The minimum Gasteiger partial charge on any atom is -0.526 e. The predicted molar refractivity (Wildman–Crippen MR) is 93.9 cm³/mol. The number of aliphatic hydroxyl groups is 1. The van der Waals surface area contributed by atoms with E-state index in [0.29, 0.717) is 5.76 Å². The molecule has 0 fully saturated rings. The van der Waals surface area contributed by atoms with Gasteiger partial charge in [-0.2, -0.15) is 48.5 Å². The Morgan fingerprint density at radius 1 is 0.750 bits per heavy atom. The minimum atomic E-state index is 0. The molecule has 0 heterocycles. The van der Waals surface area contributed by atoms with E-state index in [0.717, 1.165) is 11.1 Å². The third kappa shape index (κ3) is 8.18. The largest absolute Gasteiger partial charge is 2.00 e. The van der Waals surface area contributed by atoms with Gasteiger partial charge in [-0.05, 0) is 0 Å². The number of aliphatic hydroxyl groups excluding tert-OH is 1. The molecule has 24 heavy (non-hydrogen) atoms. The van der Waals surface area contributed by atoms with Crippen molar-refractivity contribution in [3.8, 4) is 0 Å². The molecule has 3 aromatic carbocycles. The van der Waals surface area contributed by atoms with Gasteiger partial charge in [0.1, 0.15) is 0 Å². The number of hydrogen-bond acceptors (Lipinski definition) is 1. The molecule has 0 saturated carbocycles. The molecule has 1 N–H and O–H groups in total. The Morgan fingerprint density at radius 2 is 1.17 bits per heavy atom. The maximum Gasteiger partial charge on any atom is 2.00 e. The van der Waals surface area contributed by atoms with E-state index in [9.17, 15) is 5.11 Å². The average Bonchev–Trinajstić information content (AvgIpc) is 3.42. The van der Waals surface area contributed by atoms with Gasteiger partial charge in [-0.25, -0.2) is 24.3 Å². The molecule has 3 aromatic rings. The zero-order chi connectivity index (χ0) is 15.5. The van der Waals surface area contributed by atoms with E-state index in [1.165, 1.54) is 0 Å². The Labute approximate surface area is 167 Å². The molecule has 1 nitrogen and oxygen atoms in total. The van der Waals surface area contributed by atoms with E-state index >= 15 is 0 Å². The molecule has 0 amide bonds. The van der Waals surface area contributed by atoms with E-state index in [2.05, 4.69) is 0 Å². The Morgan fingerprint density at radius 3 is 1.50 bits per heavy atom. The summed E-state index contributed by atoms with van der Waals surface area (Å²) in [5, 5.41) is 9.69. The van der Waals surface area contributed by atoms with Crippen LogP contribution in [0.3, 0.4) is 0 Å². The molecule has 0 saturated heterocycles. The summed E-state index contributed by atoms with van der Waals surface area (Å²) in [6.45, 7) is 0. The van der Waals surface area contributed by atoms with E-state index in [1.807, 2.05) is 109 Å². The van der Waals surface area contributed by atoms with Crippen molar-refractivity contribution in [2.75, 3.05) is 0 Å². The summed E-state index contributed by atoms with van der Waals surface area (Å²) in [5.41, 5.74) is 1.75. The van der Waals surface area contributed by atoms with E-state index < -0.39 is 0 Å². The van der Waals surface area contributed by atoms with Gasteiger partial charge in [0.2, 0.25) is 0 Å². The molecule has 0 radical (unpaired) electrons. The third-order valence-electron chi connectivity index (χ3n) is 2.98. The van der Waals surface area contributed by atoms with E-state index in [-0.39, 0.29) is 36.9 Å². The van der Waals surface area contributed by atoms with Crippen LogP contribution in [0.2, 0.25) is 0 Å². The first-order chi connectivity index (χ1) is 10.9. The van der Waals surface area contributed by atoms with Gasteiger partial charge in [0.25, 0.3) is 0 Å². The zero-order valence-electron chi connectivity index (χ0n) is 13.0. The molecular formula is C21H19FeOOs-. The first-order valence-corrected chi connectivity index (χ1v) is 7.21. The van der Waals surface area contributed by atoms with Crippen LogP contribution < -0.4 is 0 Å². The average molecular weight is 533 g/mol. The van der Waals surface area contributed by atoms with Crippen LogP contribution in [-0.4, -0.2) is 5.11 Å². The van der Waals surface area contributed by atoms with Crippen LogP contribution in [0.4, 0.5) is 0 Å². The van der Waals surface area contributed by atoms with Crippen molar-refractivity contribution >= 4 is 5.76 Å². The number of allylic oxidation sites excluding steroid dienone is 5. The molecule has 4 rings (SSSR count). The summed E-state index contributed by atoms with van der Waals surface area (Å²) in [6, 6.07) is 27.6. The molecule has 1 aliphatic carbocycles. The van der Waals surface area contributed by atoms with Crippen LogP contribution >= 0.6 is 0 Å². The van der Waals surface area contributed by atoms with Crippen LogP contribution in [0.25, 0.3) is 5.76 Å². The Balaban J connectivity index is 0.000000370. The van der Waals surface area contributed by atoms with E-state index in [4.69, 9.17) is 0 Å². The van der Waals surface area contributed by atoms with Crippen molar-refractivity contribution in [2.24, 2.45) is 0 Å². The van der Waals surface area contributed by atoms with E-state index in [1.54, 1.807) is 0 Å². The summed E-state index contributed by atoms with van der Waals surface area (Å²) in [7, 11) is 0. The molecule has 1 aliphatic rings. The minimum absolute atomic E-state index is 0. The number of rotatable bonds is 1. The molecule has 3 heteroatoms. The van der Waals surface area contributed by atoms with Gasteiger partial charge in [-0.15, -0.1) is 12.1 Å². The summed E-state index contributed by atoms with van der Waals surface area (Å²) in [5.74, 6) is 0.352. The molecule has 0 bridgehead atoms.